The summed E-state index contributed by atoms with van der Waals surface area (Å²) in [7, 11) is -1.06. The zero-order chi connectivity index (χ0) is 22.2. The van der Waals surface area contributed by atoms with Crippen LogP contribution in [-0.4, -0.2) is 35.1 Å². The molecule has 0 saturated heterocycles. The van der Waals surface area contributed by atoms with Crippen LogP contribution in [0, 0.1) is 13.8 Å². The fourth-order valence-corrected chi connectivity index (χ4v) is 5.38. The van der Waals surface area contributed by atoms with Crippen molar-refractivity contribution in [2.24, 2.45) is 0 Å². The molecule has 30 heavy (non-hydrogen) atoms. The molecule has 1 amide bonds. The van der Waals surface area contributed by atoms with Gasteiger partial charge in [0, 0.05) is 23.9 Å². The second-order valence-corrected chi connectivity index (χ2v) is 8.85. The van der Waals surface area contributed by atoms with Crippen LogP contribution in [0.4, 0.5) is 11.4 Å². The van der Waals surface area contributed by atoms with Crippen LogP contribution in [-0.2, 0) is 14.8 Å². The van der Waals surface area contributed by atoms with E-state index >= 15 is 0 Å². The third-order valence-electron chi connectivity index (χ3n) is 5.41. The van der Waals surface area contributed by atoms with Crippen molar-refractivity contribution in [3.05, 3.63) is 51.9 Å². The van der Waals surface area contributed by atoms with Crippen LogP contribution in [0.5, 0.6) is 11.5 Å². The summed E-state index contributed by atoms with van der Waals surface area (Å²) in [6.07, 6.45) is 0. The Balaban J connectivity index is 2.20. The van der Waals surface area contributed by atoms with Gasteiger partial charge in [-0.05, 0) is 56.5 Å². The number of carbonyl (C=O) groups is 1. The van der Waals surface area contributed by atoms with Gasteiger partial charge < -0.3 is 14.8 Å². The lowest BCUT2D eigenvalue weighted by molar-refractivity contribution is -0.112. The second-order valence-electron chi connectivity index (χ2n) is 7.05. The van der Waals surface area contributed by atoms with E-state index < -0.39 is 15.9 Å². The fourth-order valence-electron chi connectivity index (χ4n) is 3.62. The summed E-state index contributed by atoms with van der Waals surface area (Å²) in [5.74, 6) is 0.210. The van der Waals surface area contributed by atoms with Gasteiger partial charge in [-0.1, -0.05) is 12.1 Å². The van der Waals surface area contributed by atoms with Crippen molar-refractivity contribution in [3.8, 4) is 11.5 Å². The number of anilines is 2. The van der Waals surface area contributed by atoms with Crippen molar-refractivity contribution in [3.63, 3.8) is 0 Å². The van der Waals surface area contributed by atoms with Crippen molar-refractivity contribution in [2.75, 3.05) is 30.4 Å². The first-order valence-corrected chi connectivity index (χ1v) is 11.0. The predicted molar refractivity (Wildman–Crippen MR) is 119 cm³/mol. The first-order chi connectivity index (χ1) is 14.2. The zero-order valence-electron chi connectivity index (χ0n) is 18.0. The number of carbonyl (C=O) groups excluding carboxylic acids is 1. The van der Waals surface area contributed by atoms with Crippen LogP contribution >= 0.6 is 0 Å². The van der Waals surface area contributed by atoms with E-state index in [0.29, 0.717) is 34.0 Å². The highest BCUT2D eigenvalue weighted by Gasteiger charge is 2.39. The monoisotopic (exact) mass is 430 g/mol. The minimum atomic E-state index is -4.06. The minimum Gasteiger partial charge on any atom is -0.493 e. The first kappa shape index (κ1) is 21.7. The Hall–Kier alpha value is -3.00. The molecule has 1 heterocycles. The third kappa shape index (κ3) is 3.41. The molecule has 0 spiro atoms. The average Bonchev–Trinajstić information content (AvgIpc) is 2.70. The standard InChI is InChI=1S/C22H26N2O5S/c1-7-24-18-12-20(29-6)19(28-5)11-16(18)15(4)21(30(24,26)27)22(25)23-17-10-8-9-13(2)14(17)3/h8-12H,7H2,1-6H3,(H,23,25). The first-order valence-electron chi connectivity index (χ1n) is 9.54. The average molecular weight is 431 g/mol. The van der Waals surface area contributed by atoms with Gasteiger partial charge in [-0.2, -0.15) is 0 Å². The van der Waals surface area contributed by atoms with E-state index in [1.54, 1.807) is 32.0 Å². The van der Waals surface area contributed by atoms with Crippen LogP contribution in [0.1, 0.15) is 30.5 Å². The van der Waals surface area contributed by atoms with Crippen LogP contribution in [0.15, 0.2) is 35.2 Å². The number of hydrogen-bond acceptors (Lipinski definition) is 5. The molecule has 1 N–H and O–H groups in total. The van der Waals surface area contributed by atoms with Crippen LogP contribution in [0.3, 0.4) is 0 Å². The van der Waals surface area contributed by atoms with Gasteiger partial charge in [0.15, 0.2) is 16.4 Å². The van der Waals surface area contributed by atoms with Gasteiger partial charge in [0.2, 0.25) is 0 Å². The van der Waals surface area contributed by atoms with Gasteiger partial charge >= 0.3 is 0 Å². The SMILES string of the molecule is CCN1c2cc(OC)c(OC)cc2C(C)=C(C(=O)Nc2cccc(C)c2C)S1(=O)=O. The summed E-state index contributed by atoms with van der Waals surface area (Å²) in [5, 5.41) is 2.77. The maximum Gasteiger partial charge on any atom is 0.270 e. The van der Waals surface area contributed by atoms with Crippen molar-refractivity contribution in [1.29, 1.82) is 0 Å². The number of amides is 1. The summed E-state index contributed by atoms with van der Waals surface area (Å²) in [6.45, 7) is 7.33. The molecule has 1 aliphatic heterocycles. The lowest BCUT2D eigenvalue weighted by atomic mass is 10.0. The van der Waals surface area contributed by atoms with E-state index in [1.807, 2.05) is 26.0 Å². The molecule has 8 heteroatoms. The molecule has 1 aliphatic rings. The number of methoxy groups -OCH3 is 2. The largest absolute Gasteiger partial charge is 0.493 e. The Morgan fingerprint density at radius 1 is 1.07 bits per heavy atom. The number of nitrogens with one attached hydrogen (secondary N) is 1. The van der Waals surface area contributed by atoms with E-state index in [4.69, 9.17) is 9.47 Å². The van der Waals surface area contributed by atoms with Crippen molar-refractivity contribution < 1.29 is 22.7 Å². The molecule has 160 valence electrons. The van der Waals surface area contributed by atoms with Crippen molar-refractivity contribution >= 4 is 32.9 Å². The van der Waals surface area contributed by atoms with Gasteiger partial charge in [-0.25, -0.2) is 8.42 Å². The topological polar surface area (TPSA) is 84.9 Å². The van der Waals surface area contributed by atoms with E-state index in [2.05, 4.69) is 5.32 Å². The molecule has 2 aromatic rings. The van der Waals surface area contributed by atoms with Gasteiger partial charge in [0.05, 0.1) is 19.9 Å². The van der Waals surface area contributed by atoms with Crippen LogP contribution < -0.4 is 19.1 Å². The Labute approximate surface area is 177 Å². The Morgan fingerprint density at radius 2 is 1.70 bits per heavy atom. The molecule has 0 radical (unpaired) electrons. The van der Waals surface area contributed by atoms with Crippen molar-refractivity contribution in [1.82, 2.24) is 0 Å². The molecule has 0 aliphatic carbocycles. The number of aryl methyl sites for hydroxylation is 1. The summed E-state index contributed by atoms with van der Waals surface area (Å²) in [6, 6.07) is 8.83. The maximum atomic E-state index is 13.4. The lowest BCUT2D eigenvalue weighted by Gasteiger charge is -2.32. The van der Waals surface area contributed by atoms with Gasteiger partial charge in [-0.15, -0.1) is 0 Å². The summed E-state index contributed by atoms with van der Waals surface area (Å²) in [5.41, 5.74) is 3.89. The Bertz CT molecular complexity index is 1150. The van der Waals surface area contributed by atoms with E-state index in [-0.39, 0.29) is 11.4 Å². The zero-order valence-corrected chi connectivity index (χ0v) is 18.8. The number of ether oxygens (including phenoxy) is 2. The molecule has 2 aromatic carbocycles. The summed E-state index contributed by atoms with van der Waals surface area (Å²) < 4.78 is 38.7. The van der Waals surface area contributed by atoms with E-state index in [9.17, 15) is 13.2 Å². The van der Waals surface area contributed by atoms with Crippen LogP contribution in [0.25, 0.3) is 5.57 Å². The number of rotatable bonds is 5. The predicted octanol–water partition coefficient (Wildman–Crippen LogP) is 3.86. The molecule has 3 rings (SSSR count). The van der Waals surface area contributed by atoms with Crippen LogP contribution in [0.2, 0.25) is 0 Å². The molecule has 0 atom stereocenters. The highest BCUT2D eigenvalue weighted by molar-refractivity contribution is 7.97. The molecule has 0 saturated carbocycles. The van der Waals surface area contributed by atoms with E-state index in [0.717, 1.165) is 11.1 Å². The second kappa shape index (κ2) is 8.02. The molecular weight excluding hydrogens is 404 g/mol. The molecule has 0 bridgehead atoms. The number of benzene rings is 2. The fraction of sp³-hybridized carbons (Fsp3) is 0.318. The normalized spacial score (nSPS) is 14.9. The minimum absolute atomic E-state index is 0.165. The smallest absolute Gasteiger partial charge is 0.270 e. The highest BCUT2D eigenvalue weighted by Crippen LogP contribution is 2.45. The molecule has 0 aromatic heterocycles. The van der Waals surface area contributed by atoms with E-state index in [1.165, 1.54) is 18.5 Å². The van der Waals surface area contributed by atoms with Crippen molar-refractivity contribution in [2.45, 2.75) is 27.7 Å². The quantitative estimate of drug-likeness (QED) is 0.779. The Morgan fingerprint density at radius 3 is 2.30 bits per heavy atom. The van der Waals surface area contributed by atoms with Gasteiger partial charge in [0.25, 0.3) is 15.9 Å². The Kier molecular flexibility index (Phi) is 5.81. The number of fused-ring (bicyclic) bond motifs is 1. The lowest BCUT2D eigenvalue weighted by Crippen LogP contribution is -2.39. The number of hydrogen-bond donors (Lipinski definition) is 1. The number of allylic oxidation sites excluding steroid dienone is 1. The third-order valence-corrected chi connectivity index (χ3v) is 7.45. The molecule has 7 nitrogen and oxygen atoms in total. The summed E-state index contributed by atoms with van der Waals surface area (Å²) >= 11 is 0. The van der Waals surface area contributed by atoms with Gasteiger partial charge in [0.1, 0.15) is 0 Å². The van der Waals surface area contributed by atoms with Gasteiger partial charge in [-0.3, -0.25) is 9.10 Å². The molecule has 0 unspecified atom stereocenters. The maximum absolute atomic E-state index is 13.4. The number of nitrogens with zero attached hydrogens (tertiary/aromatic N) is 1. The summed E-state index contributed by atoms with van der Waals surface area (Å²) in [4.78, 5) is 12.9. The highest BCUT2D eigenvalue weighted by atomic mass is 32.2. The number of sulfonamides is 1. The molecular formula is C22H26N2O5S. The molecule has 0 fully saturated rings.